The number of hydrogen-bond donors (Lipinski definition) is 1. The van der Waals surface area contributed by atoms with Crippen molar-refractivity contribution in [3.05, 3.63) is 47.0 Å². The molecule has 0 aliphatic carbocycles. The molecule has 0 aromatic heterocycles. The standard InChI is InChI=1S/C21H25FN2O5/c1-3-4-11-29-21(28)17-15-9-10-24(12-13-5-7-14(22)8-6-13)19(26)16(15)18(25)20(27)23(17)2/h5-8,15,17,25H,3-4,9-12H2,1-2H3. The fourth-order valence-electron chi connectivity index (χ4n) is 3.83. The Morgan fingerprint density at radius 1 is 1.24 bits per heavy atom. The Kier molecular flexibility index (Phi) is 6.20. The smallest absolute Gasteiger partial charge is 0.329 e. The summed E-state index contributed by atoms with van der Waals surface area (Å²) in [6.45, 7) is 2.78. The van der Waals surface area contributed by atoms with Crippen LogP contribution < -0.4 is 0 Å². The molecule has 0 spiro atoms. The van der Waals surface area contributed by atoms with Gasteiger partial charge in [-0.05, 0) is 30.5 Å². The number of likely N-dealkylation sites (N-methyl/N-ethyl adjacent to an activating group) is 1. The number of unbranched alkanes of at least 4 members (excludes halogenated alkanes) is 1. The highest BCUT2D eigenvalue weighted by Crippen LogP contribution is 2.36. The lowest BCUT2D eigenvalue weighted by Gasteiger charge is -2.42. The van der Waals surface area contributed by atoms with Crippen LogP contribution in [0.1, 0.15) is 31.7 Å². The fourth-order valence-corrected chi connectivity index (χ4v) is 3.83. The van der Waals surface area contributed by atoms with Crippen molar-refractivity contribution in [2.24, 2.45) is 5.92 Å². The molecular formula is C21H25FN2O5. The van der Waals surface area contributed by atoms with Crippen LogP contribution in [0.2, 0.25) is 0 Å². The molecule has 1 fully saturated rings. The number of benzene rings is 1. The Morgan fingerprint density at radius 3 is 2.59 bits per heavy atom. The normalized spacial score (nSPS) is 22.0. The number of piperidine rings is 1. The number of halogens is 1. The van der Waals surface area contributed by atoms with Crippen LogP contribution in [-0.2, 0) is 25.7 Å². The van der Waals surface area contributed by atoms with Crippen LogP contribution >= 0.6 is 0 Å². The van der Waals surface area contributed by atoms with Gasteiger partial charge in [-0.15, -0.1) is 0 Å². The first-order valence-electron chi connectivity index (χ1n) is 9.75. The van der Waals surface area contributed by atoms with Crippen LogP contribution in [0, 0.1) is 11.7 Å². The minimum absolute atomic E-state index is 0.0427. The van der Waals surface area contributed by atoms with E-state index >= 15 is 0 Å². The summed E-state index contributed by atoms with van der Waals surface area (Å²) in [7, 11) is 1.43. The number of aliphatic hydroxyl groups is 1. The van der Waals surface area contributed by atoms with Gasteiger partial charge in [0.2, 0.25) is 0 Å². The Balaban J connectivity index is 1.83. The van der Waals surface area contributed by atoms with E-state index in [0.717, 1.165) is 16.9 Å². The van der Waals surface area contributed by atoms with Crippen LogP contribution in [0.4, 0.5) is 4.39 Å². The molecule has 0 radical (unpaired) electrons. The highest BCUT2D eigenvalue weighted by molar-refractivity contribution is 6.07. The third kappa shape index (κ3) is 4.11. The third-order valence-electron chi connectivity index (χ3n) is 5.45. The minimum atomic E-state index is -0.942. The van der Waals surface area contributed by atoms with Crippen LogP contribution in [0.5, 0.6) is 0 Å². The summed E-state index contributed by atoms with van der Waals surface area (Å²) in [5.74, 6) is -3.44. The molecule has 8 heteroatoms. The van der Waals surface area contributed by atoms with Gasteiger partial charge in [0, 0.05) is 26.1 Å². The molecule has 2 amide bonds. The van der Waals surface area contributed by atoms with Crippen molar-refractivity contribution in [1.82, 2.24) is 9.80 Å². The van der Waals surface area contributed by atoms with Gasteiger partial charge in [0.1, 0.15) is 11.9 Å². The van der Waals surface area contributed by atoms with Gasteiger partial charge >= 0.3 is 5.97 Å². The van der Waals surface area contributed by atoms with Crippen molar-refractivity contribution in [2.75, 3.05) is 20.2 Å². The summed E-state index contributed by atoms with van der Waals surface area (Å²) in [4.78, 5) is 40.8. The molecule has 2 unspecified atom stereocenters. The Hall–Kier alpha value is -2.90. The largest absolute Gasteiger partial charge is 0.503 e. The first-order chi connectivity index (χ1) is 13.8. The summed E-state index contributed by atoms with van der Waals surface area (Å²) < 4.78 is 18.4. The maximum Gasteiger partial charge on any atom is 0.329 e. The lowest BCUT2D eigenvalue weighted by atomic mass is 9.80. The number of likely N-dealkylation sites (tertiary alicyclic amines) is 1. The van der Waals surface area contributed by atoms with Crippen molar-refractivity contribution < 1.29 is 28.6 Å². The zero-order valence-electron chi connectivity index (χ0n) is 16.6. The molecule has 7 nitrogen and oxygen atoms in total. The van der Waals surface area contributed by atoms with Crippen molar-refractivity contribution >= 4 is 17.8 Å². The molecule has 156 valence electrons. The van der Waals surface area contributed by atoms with Gasteiger partial charge < -0.3 is 19.6 Å². The second-order valence-electron chi connectivity index (χ2n) is 7.39. The van der Waals surface area contributed by atoms with E-state index in [4.69, 9.17) is 4.74 Å². The Bertz CT molecular complexity index is 836. The second-order valence-corrected chi connectivity index (χ2v) is 7.39. The highest BCUT2D eigenvalue weighted by Gasteiger charge is 2.49. The first-order valence-corrected chi connectivity index (χ1v) is 9.75. The molecule has 1 saturated heterocycles. The van der Waals surface area contributed by atoms with E-state index in [2.05, 4.69) is 0 Å². The van der Waals surface area contributed by atoms with E-state index in [1.54, 1.807) is 12.1 Å². The van der Waals surface area contributed by atoms with Gasteiger partial charge in [-0.1, -0.05) is 25.5 Å². The Labute approximate surface area is 168 Å². The number of aliphatic hydroxyl groups excluding tert-OH is 1. The summed E-state index contributed by atoms with van der Waals surface area (Å²) in [5, 5.41) is 10.4. The topological polar surface area (TPSA) is 87.1 Å². The quantitative estimate of drug-likeness (QED) is 0.580. The number of esters is 1. The maximum atomic E-state index is 13.1. The van der Waals surface area contributed by atoms with Crippen LogP contribution in [0.25, 0.3) is 0 Å². The second kappa shape index (κ2) is 8.63. The monoisotopic (exact) mass is 404 g/mol. The first kappa shape index (κ1) is 20.8. The average Bonchev–Trinajstić information content (AvgIpc) is 2.70. The molecule has 1 N–H and O–H groups in total. The van der Waals surface area contributed by atoms with Gasteiger partial charge in [-0.3, -0.25) is 9.59 Å². The lowest BCUT2D eigenvalue weighted by molar-refractivity contribution is -0.158. The number of nitrogens with zero attached hydrogens (tertiary/aromatic N) is 2. The zero-order valence-corrected chi connectivity index (χ0v) is 16.6. The van der Waals surface area contributed by atoms with Gasteiger partial charge in [-0.25, -0.2) is 9.18 Å². The molecule has 0 saturated carbocycles. The van der Waals surface area contributed by atoms with E-state index in [-0.39, 0.29) is 24.5 Å². The van der Waals surface area contributed by atoms with Gasteiger partial charge in [0.15, 0.2) is 5.76 Å². The van der Waals surface area contributed by atoms with E-state index in [9.17, 15) is 23.9 Å². The zero-order chi connectivity index (χ0) is 21.1. The molecule has 29 heavy (non-hydrogen) atoms. The van der Waals surface area contributed by atoms with Crippen LogP contribution in [0.15, 0.2) is 35.6 Å². The van der Waals surface area contributed by atoms with Crippen LogP contribution in [-0.4, -0.2) is 58.9 Å². The predicted octanol–water partition coefficient (Wildman–Crippen LogP) is 2.17. The molecular weight excluding hydrogens is 379 g/mol. The summed E-state index contributed by atoms with van der Waals surface area (Å²) >= 11 is 0. The number of hydrogen-bond acceptors (Lipinski definition) is 5. The summed E-state index contributed by atoms with van der Waals surface area (Å²) in [5.41, 5.74) is 0.687. The average molecular weight is 404 g/mol. The molecule has 2 aliphatic rings. The molecule has 0 bridgehead atoms. The maximum absolute atomic E-state index is 13.1. The number of rotatable bonds is 6. The van der Waals surface area contributed by atoms with E-state index < -0.39 is 35.5 Å². The summed E-state index contributed by atoms with van der Waals surface area (Å²) in [6, 6.07) is 4.84. The van der Waals surface area contributed by atoms with E-state index in [0.29, 0.717) is 19.4 Å². The summed E-state index contributed by atoms with van der Waals surface area (Å²) in [6.07, 6.45) is 1.97. The molecule has 1 aromatic carbocycles. The molecule has 2 heterocycles. The van der Waals surface area contributed by atoms with Crippen molar-refractivity contribution in [3.63, 3.8) is 0 Å². The molecule has 2 aliphatic heterocycles. The SMILES string of the molecule is CCCCOC(=O)C1C2CCN(Cc3ccc(F)cc3)C(=O)C2=C(O)C(=O)N1C. The fraction of sp³-hybridized carbons (Fsp3) is 0.476. The predicted molar refractivity (Wildman–Crippen MR) is 102 cm³/mol. The van der Waals surface area contributed by atoms with Gasteiger partial charge in [-0.2, -0.15) is 0 Å². The third-order valence-corrected chi connectivity index (χ3v) is 5.45. The van der Waals surface area contributed by atoms with Crippen molar-refractivity contribution in [3.8, 4) is 0 Å². The Morgan fingerprint density at radius 2 is 1.93 bits per heavy atom. The highest BCUT2D eigenvalue weighted by atomic mass is 19.1. The molecule has 1 aromatic rings. The number of fused-ring (bicyclic) bond motifs is 1. The van der Waals surface area contributed by atoms with Gasteiger partial charge in [0.25, 0.3) is 11.8 Å². The number of amides is 2. The van der Waals surface area contributed by atoms with Crippen molar-refractivity contribution in [2.45, 2.75) is 38.8 Å². The van der Waals surface area contributed by atoms with E-state index in [1.165, 1.54) is 24.1 Å². The number of ether oxygens (including phenoxy) is 1. The van der Waals surface area contributed by atoms with Crippen molar-refractivity contribution in [1.29, 1.82) is 0 Å². The lowest BCUT2D eigenvalue weighted by Crippen LogP contribution is -2.57. The minimum Gasteiger partial charge on any atom is -0.503 e. The number of carbonyl (C=O) groups is 3. The van der Waals surface area contributed by atoms with Gasteiger partial charge in [0.05, 0.1) is 12.2 Å². The number of carbonyl (C=O) groups excluding carboxylic acids is 3. The molecule has 2 atom stereocenters. The molecule has 3 rings (SSSR count). The van der Waals surface area contributed by atoms with Crippen LogP contribution in [0.3, 0.4) is 0 Å². The van der Waals surface area contributed by atoms with E-state index in [1.807, 2.05) is 6.92 Å².